The van der Waals surface area contributed by atoms with Crippen LogP contribution in [0.5, 0.6) is 0 Å². The molecule has 0 heterocycles. The molecule has 0 spiro atoms. The summed E-state index contributed by atoms with van der Waals surface area (Å²) in [5, 5.41) is 2.55. The fraction of sp³-hybridized carbons (Fsp3) is 0.360. The van der Waals surface area contributed by atoms with E-state index in [1.807, 2.05) is 0 Å². The fourth-order valence-corrected chi connectivity index (χ4v) is 3.61. The zero-order valence-corrected chi connectivity index (χ0v) is 16.6. The van der Waals surface area contributed by atoms with Crippen LogP contribution in [0.2, 0.25) is 0 Å². The summed E-state index contributed by atoms with van der Waals surface area (Å²) >= 11 is 0. The Kier molecular flexibility index (Phi) is 7.44. The number of nitrogens with zero attached hydrogens (tertiary/aromatic N) is 1. The van der Waals surface area contributed by atoms with Gasteiger partial charge >= 0.3 is 0 Å². The van der Waals surface area contributed by atoms with Crippen LogP contribution in [-0.2, 0) is 11.3 Å². The van der Waals surface area contributed by atoms with Crippen molar-refractivity contribution in [2.24, 2.45) is 0 Å². The van der Waals surface area contributed by atoms with E-state index in [0.29, 0.717) is 6.61 Å². The van der Waals surface area contributed by atoms with Gasteiger partial charge in [0.25, 0.3) is 0 Å². The predicted molar refractivity (Wildman–Crippen MR) is 115 cm³/mol. The van der Waals surface area contributed by atoms with Crippen LogP contribution in [0.3, 0.4) is 0 Å². The van der Waals surface area contributed by atoms with Crippen molar-refractivity contribution in [3.63, 3.8) is 0 Å². The lowest BCUT2D eigenvalue weighted by Gasteiger charge is -2.27. The van der Waals surface area contributed by atoms with Gasteiger partial charge < -0.3 is 9.64 Å². The summed E-state index contributed by atoms with van der Waals surface area (Å²) in [4.78, 5) is 2.53. The minimum Gasteiger partial charge on any atom is -0.368 e. The second kappa shape index (κ2) is 10.2. The molecule has 2 heteroatoms. The van der Waals surface area contributed by atoms with Crippen molar-refractivity contribution in [1.29, 1.82) is 0 Å². The standard InChI is InChI=1S/C25H31NO/c1-3-16-26(17-4-2)19-25(23-11-6-5-7-12-23)27-20-21-14-15-22-10-8-9-13-24(22)18-21/h5-15,18,25H,3-4,16-17,19-20H2,1-2H3. The van der Waals surface area contributed by atoms with E-state index in [-0.39, 0.29) is 6.10 Å². The first-order valence-corrected chi connectivity index (χ1v) is 10.2. The fourth-order valence-electron chi connectivity index (χ4n) is 3.61. The first-order valence-electron chi connectivity index (χ1n) is 10.2. The van der Waals surface area contributed by atoms with Crippen molar-refractivity contribution in [1.82, 2.24) is 4.90 Å². The van der Waals surface area contributed by atoms with Gasteiger partial charge in [-0.25, -0.2) is 0 Å². The van der Waals surface area contributed by atoms with Gasteiger partial charge in [0.1, 0.15) is 0 Å². The predicted octanol–water partition coefficient (Wildman–Crippen LogP) is 6.22. The molecule has 0 aromatic heterocycles. The molecule has 0 radical (unpaired) electrons. The van der Waals surface area contributed by atoms with E-state index in [4.69, 9.17) is 4.74 Å². The van der Waals surface area contributed by atoms with Crippen molar-refractivity contribution >= 4 is 10.8 Å². The Morgan fingerprint density at radius 1 is 0.778 bits per heavy atom. The van der Waals surface area contributed by atoms with Gasteiger partial charge in [0.15, 0.2) is 0 Å². The SMILES string of the molecule is CCCN(CCC)CC(OCc1ccc2ccccc2c1)c1ccccc1. The number of rotatable bonds is 10. The summed E-state index contributed by atoms with van der Waals surface area (Å²) in [5.74, 6) is 0. The lowest BCUT2D eigenvalue weighted by atomic mass is 10.1. The van der Waals surface area contributed by atoms with Gasteiger partial charge in [-0.3, -0.25) is 0 Å². The van der Waals surface area contributed by atoms with Gasteiger partial charge in [0, 0.05) is 6.54 Å². The summed E-state index contributed by atoms with van der Waals surface area (Å²) in [5.41, 5.74) is 2.49. The highest BCUT2D eigenvalue weighted by molar-refractivity contribution is 5.82. The first kappa shape index (κ1) is 19.6. The van der Waals surface area contributed by atoms with Gasteiger partial charge in [0.2, 0.25) is 0 Å². The highest BCUT2D eigenvalue weighted by Crippen LogP contribution is 2.22. The number of benzene rings is 3. The van der Waals surface area contributed by atoms with Crippen LogP contribution in [0.25, 0.3) is 10.8 Å². The lowest BCUT2D eigenvalue weighted by molar-refractivity contribution is 0.0137. The summed E-state index contributed by atoms with van der Waals surface area (Å²) in [7, 11) is 0. The summed E-state index contributed by atoms with van der Waals surface area (Å²) in [6, 6.07) is 25.7. The van der Waals surface area contributed by atoms with E-state index in [9.17, 15) is 0 Å². The molecule has 0 amide bonds. The van der Waals surface area contributed by atoms with Crippen molar-refractivity contribution in [3.05, 3.63) is 83.9 Å². The van der Waals surface area contributed by atoms with Crippen LogP contribution in [0.4, 0.5) is 0 Å². The van der Waals surface area contributed by atoms with Crippen LogP contribution < -0.4 is 0 Å². The van der Waals surface area contributed by atoms with Gasteiger partial charge in [-0.05, 0) is 53.9 Å². The van der Waals surface area contributed by atoms with Crippen molar-refractivity contribution in [3.8, 4) is 0 Å². The van der Waals surface area contributed by atoms with E-state index in [0.717, 1.165) is 19.6 Å². The monoisotopic (exact) mass is 361 g/mol. The molecule has 0 aliphatic carbocycles. The normalized spacial score (nSPS) is 12.6. The molecule has 0 saturated carbocycles. The molecule has 3 aromatic rings. The highest BCUT2D eigenvalue weighted by Gasteiger charge is 2.16. The Labute approximate surface area is 163 Å². The molecule has 1 atom stereocenters. The van der Waals surface area contributed by atoms with E-state index in [2.05, 4.69) is 91.5 Å². The Balaban J connectivity index is 1.73. The van der Waals surface area contributed by atoms with Crippen LogP contribution >= 0.6 is 0 Å². The number of ether oxygens (including phenoxy) is 1. The second-order valence-electron chi connectivity index (χ2n) is 7.19. The Morgan fingerprint density at radius 2 is 1.44 bits per heavy atom. The van der Waals surface area contributed by atoms with Crippen LogP contribution in [0.1, 0.15) is 43.9 Å². The second-order valence-corrected chi connectivity index (χ2v) is 7.19. The number of fused-ring (bicyclic) bond motifs is 1. The van der Waals surface area contributed by atoms with Crippen molar-refractivity contribution < 1.29 is 4.74 Å². The average molecular weight is 362 g/mol. The maximum atomic E-state index is 6.44. The highest BCUT2D eigenvalue weighted by atomic mass is 16.5. The largest absolute Gasteiger partial charge is 0.368 e. The van der Waals surface area contributed by atoms with Crippen LogP contribution in [0, 0.1) is 0 Å². The molecule has 1 unspecified atom stereocenters. The molecule has 0 fully saturated rings. The number of hydrogen-bond acceptors (Lipinski definition) is 2. The van der Waals surface area contributed by atoms with Crippen molar-refractivity contribution in [2.45, 2.75) is 39.4 Å². The zero-order valence-electron chi connectivity index (χ0n) is 16.6. The first-order chi connectivity index (χ1) is 13.3. The minimum atomic E-state index is 0.0933. The van der Waals surface area contributed by atoms with E-state index in [1.165, 1.54) is 34.7 Å². The van der Waals surface area contributed by atoms with Gasteiger partial charge in [0.05, 0.1) is 12.7 Å². The summed E-state index contributed by atoms with van der Waals surface area (Å²) in [6.07, 6.45) is 2.44. The molecule has 0 N–H and O–H groups in total. The summed E-state index contributed by atoms with van der Waals surface area (Å²) < 4.78 is 6.44. The van der Waals surface area contributed by atoms with E-state index >= 15 is 0 Å². The molecule has 0 aliphatic rings. The molecule has 2 nitrogen and oxygen atoms in total. The third-order valence-electron chi connectivity index (χ3n) is 4.94. The maximum absolute atomic E-state index is 6.44. The minimum absolute atomic E-state index is 0.0933. The molecule has 27 heavy (non-hydrogen) atoms. The molecular weight excluding hydrogens is 330 g/mol. The average Bonchev–Trinajstić information content (AvgIpc) is 2.72. The van der Waals surface area contributed by atoms with Gasteiger partial charge in [-0.1, -0.05) is 80.6 Å². The topological polar surface area (TPSA) is 12.5 Å². The van der Waals surface area contributed by atoms with E-state index < -0.39 is 0 Å². The van der Waals surface area contributed by atoms with Gasteiger partial charge in [-0.15, -0.1) is 0 Å². The Morgan fingerprint density at radius 3 is 2.15 bits per heavy atom. The molecule has 0 saturated heterocycles. The van der Waals surface area contributed by atoms with E-state index in [1.54, 1.807) is 0 Å². The third kappa shape index (κ3) is 5.66. The van der Waals surface area contributed by atoms with Crippen LogP contribution in [-0.4, -0.2) is 24.5 Å². The zero-order chi connectivity index (χ0) is 18.9. The van der Waals surface area contributed by atoms with Gasteiger partial charge in [-0.2, -0.15) is 0 Å². The number of hydrogen-bond donors (Lipinski definition) is 0. The summed E-state index contributed by atoms with van der Waals surface area (Å²) in [6.45, 7) is 8.31. The molecule has 142 valence electrons. The maximum Gasteiger partial charge on any atom is 0.0956 e. The molecule has 0 bridgehead atoms. The third-order valence-corrected chi connectivity index (χ3v) is 4.94. The lowest BCUT2D eigenvalue weighted by Crippen LogP contribution is -2.31. The van der Waals surface area contributed by atoms with Crippen LogP contribution in [0.15, 0.2) is 72.8 Å². The molecular formula is C25H31NO. The Bertz CT molecular complexity index is 809. The molecule has 3 rings (SSSR count). The molecule has 3 aromatic carbocycles. The quantitative estimate of drug-likeness (QED) is 0.425. The smallest absolute Gasteiger partial charge is 0.0956 e. The molecule has 0 aliphatic heterocycles. The van der Waals surface area contributed by atoms with Crippen molar-refractivity contribution in [2.75, 3.05) is 19.6 Å². The Hall–Kier alpha value is -2.16.